The summed E-state index contributed by atoms with van der Waals surface area (Å²) in [5.74, 6) is -8.97. The Morgan fingerprint density at radius 3 is 1.58 bits per heavy atom. The number of Topliss-reactive ketones (excluding diaryl/α,β-unsaturated/α-hetero) is 4. The van der Waals surface area contributed by atoms with Crippen LogP contribution in [0.15, 0.2) is 12.5 Å². The molecule has 4 amide bonds. The van der Waals surface area contributed by atoms with Gasteiger partial charge in [-0.2, -0.15) is 0 Å². The van der Waals surface area contributed by atoms with Gasteiger partial charge in [-0.15, -0.1) is 0 Å². The number of rotatable bonds is 62. The van der Waals surface area contributed by atoms with Crippen molar-refractivity contribution in [2.45, 2.75) is 217 Å². The predicted octanol–water partition coefficient (Wildman–Crippen LogP) is 3.68. The van der Waals surface area contributed by atoms with Crippen LogP contribution < -0.4 is 32.3 Å². The van der Waals surface area contributed by atoms with Crippen molar-refractivity contribution in [3.8, 4) is 0 Å². The number of nitrogens with two attached hydrogens (primary N) is 1. The van der Waals surface area contributed by atoms with Crippen molar-refractivity contribution in [2.24, 2.45) is 11.7 Å². The number of carboxylic acid groups (broad SMARTS) is 4. The molecule has 0 unspecified atom stereocenters. The van der Waals surface area contributed by atoms with Crippen molar-refractivity contribution >= 4 is 70.6 Å². The Bertz CT molecular complexity index is 2240. The second-order valence-electron chi connectivity index (χ2n) is 22.2. The fourth-order valence-corrected chi connectivity index (χ4v) is 9.20. The van der Waals surface area contributed by atoms with E-state index in [0.29, 0.717) is 37.8 Å². The van der Waals surface area contributed by atoms with Gasteiger partial charge >= 0.3 is 23.9 Å². The van der Waals surface area contributed by atoms with Gasteiger partial charge in [0, 0.05) is 83.0 Å². The van der Waals surface area contributed by atoms with E-state index in [0.717, 1.165) is 51.4 Å². The van der Waals surface area contributed by atoms with E-state index in [2.05, 4.69) is 36.6 Å². The molecule has 0 aliphatic heterocycles. The Balaban J connectivity index is 2.09. The maximum absolute atomic E-state index is 12.7. The lowest BCUT2D eigenvalue weighted by Gasteiger charge is -2.17. The van der Waals surface area contributed by atoms with Crippen LogP contribution in [-0.2, 0) is 82.9 Å². The van der Waals surface area contributed by atoms with Crippen molar-refractivity contribution in [3.63, 3.8) is 0 Å². The van der Waals surface area contributed by atoms with Crippen molar-refractivity contribution < 1.29 is 96.9 Å². The van der Waals surface area contributed by atoms with E-state index in [4.69, 9.17) is 29.8 Å². The first-order chi connectivity index (χ1) is 42.7. The molecule has 1 heterocycles. The standard InChI is InChI=1S/C61H102N8O20/c1-44(70)50(66-40-53(73)49(62)38-46-39-63-43-67-46)20-16-17-29-64-54(74)27-23-45(59(80)81)37-47(71)24-25-51(60(82)83)69-57(77)42-89-36-33-86-31-18-19-48(72)41-88-35-34-87-32-30-65-55(75)28-26-52(61(84)85)68-56(76)21-14-12-10-8-6-4-2-3-5-7-9-11-13-15-22-58(78)79/h39,43,45,49-52,66H,2-38,40-42,62H2,1H3,(H,63,67)(H,64,74)(H,65,75)(H,68,76)(H,69,77)(H,78,79)(H,80,81)(H,82,83)(H,84,85)/t45-,49+,50+,51+,52+/m1/s1. The highest BCUT2D eigenvalue weighted by atomic mass is 16.5. The number of aromatic amines is 1. The van der Waals surface area contributed by atoms with Crippen LogP contribution in [0.4, 0.5) is 0 Å². The van der Waals surface area contributed by atoms with E-state index >= 15 is 0 Å². The van der Waals surface area contributed by atoms with Gasteiger partial charge in [-0.25, -0.2) is 14.6 Å². The molecule has 5 atom stereocenters. The Kier molecular flexibility index (Phi) is 47.2. The number of carbonyl (C=O) groups is 12. The van der Waals surface area contributed by atoms with Crippen LogP contribution >= 0.6 is 0 Å². The fourth-order valence-electron chi connectivity index (χ4n) is 9.20. The first-order valence-corrected chi connectivity index (χ1v) is 31.5. The molecule has 0 aromatic carbocycles. The third-order valence-electron chi connectivity index (χ3n) is 14.4. The summed E-state index contributed by atoms with van der Waals surface area (Å²) in [5.41, 5.74) is 6.69. The summed E-state index contributed by atoms with van der Waals surface area (Å²) in [6, 6.07) is -4.00. The number of aliphatic carboxylic acids is 4. The minimum atomic E-state index is -1.46. The Morgan fingerprint density at radius 2 is 1.02 bits per heavy atom. The molecule has 0 radical (unpaired) electrons. The first-order valence-electron chi connectivity index (χ1n) is 31.5. The molecular weight excluding hydrogens is 1160 g/mol. The highest BCUT2D eigenvalue weighted by Gasteiger charge is 2.26. The zero-order valence-corrected chi connectivity index (χ0v) is 52.2. The lowest BCUT2D eigenvalue weighted by Crippen LogP contribution is -2.44. The topological polar surface area (TPSA) is 438 Å². The average Bonchev–Trinajstić information content (AvgIpc) is 4.04. The number of unbranched alkanes of at least 4 members (excludes halogenated alkanes) is 14. The first kappa shape index (κ1) is 80.4. The van der Waals surface area contributed by atoms with Crippen molar-refractivity contribution in [1.29, 1.82) is 0 Å². The number of carboxylic acids is 4. The molecule has 0 aliphatic carbocycles. The van der Waals surface area contributed by atoms with Gasteiger partial charge in [-0.3, -0.25) is 47.9 Å². The van der Waals surface area contributed by atoms with E-state index in [1.807, 2.05) is 0 Å². The number of amides is 4. The van der Waals surface area contributed by atoms with E-state index in [1.54, 1.807) is 6.20 Å². The number of carbonyl (C=O) groups excluding carboxylic acids is 8. The number of aromatic nitrogens is 2. The van der Waals surface area contributed by atoms with Crippen LogP contribution in [0.5, 0.6) is 0 Å². The average molecular weight is 1270 g/mol. The molecule has 0 saturated carbocycles. The van der Waals surface area contributed by atoms with Gasteiger partial charge in [0.1, 0.15) is 36.9 Å². The molecule has 0 saturated heterocycles. The van der Waals surface area contributed by atoms with Crippen LogP contribution in [0, 0.1) is 5.92 Å². The summed E-state index contributed by atoms with van der Waals surface area (Å²) in [5, 5.41) is 50.6. The lowest BCUT2D eigenvalue weighted by molar-refractivity contribution is -0.145. The highest BCUT2D eigenvalue weighted by Crippen LogP contribution is 2.17. The van der Waals surface area contributed by atoms with Crippen LogP contribution in [-0.4, -0.2) is 198 Å². The molecular formula is C61H102N8O20. The maximum atomic E-state index is 12.7. The number of nitrogens with zero attached hydrogens (tertiary/aromatic N) is 1. The van der Waals surface area contributed by atoms with Crippen LogP contribution in [0.3, 0.4) is 0 Å². The summed E-state index contributed by atoms with van der Waals surface area (Å²) >= 11 is 0. The molecule has 1 aromatic heterocycles. The minimum absolute atomic E-state index is 0.0221. The van der Waals surface area contributed by atoms with E-state index in [-0.39, 0.29) is 159 Å². The van der Waals surface area contributed by atoms with Crippen LogP contribution in [0.2, 0.25) is 0 Å². The van der Waals surface area contributed by atoms with E-state index in [9.17, 15) is 72.9 Å². The zero-order valence-electron chi connectivity index (χ0n) is 52.2. The number of hydrogen-bond acceptors (Lipinski definition) is 19. The lowest BCUT2D eigenvalue weighted by atomic mass is 9.94. The van der Waals surface area contributed by atoms with Gasteiger partial charge in [0.05, 0.1) is 63.9 Å². The molecule has 0 spiro atoms. The Hall–Kier alpha value is -6.59. The molecule has 28 heteroatoms. The quantitative estimate of drug-likeness (QED) is 0.0414. The maximum Gasteiger partial charge on any atom is 0.326 e. The van der Waals surface area contributed by atoms with Crippen molar-refractivity contribution in [2.75, 3.05) is 72.5 Å². The van der Waals surface area contributed by atoms with Gasteiger partial charge in [0.15, 0.2) is 11.6 Å². The SMILES string of the molecule is CC(=O)[C@H](CCCCNC(=O)CC[C@H](CC(=O)CC[C@H](NC(=O)COCCOCCCC(=O)COCCOCCNC(=O)CC[C@H](NC(=O)CCCCCCCCCCCCCCCCC(=O)O)C(=O)O)C(=O)O)C(=O)O)NCC(=O)[C@@H](N)Cc1cnc[nH]1. The van der Waals surface area contributed by atoms with Gasteiger partial charge in [0.2, 0.25) is 23.6 Å². The van der Waals surface area contributed by atoms with E-state index in [1.165, 1.54) is 45.4 Å². The predicted molar refractivity (Wildman–Crippen MR) is 324 cm³/mol. The number of nitrogens with one attached hydrogen (secondary N) is 6. The summed E-state index contributed by atoms with van der Waals surface area (Å²) < 4.78 is 21.4. The summed E-state index contributed by atoms with van der Waals surface area (Å²) in [6.07, 6.45) is 18.9. The molecule has 0 aliphatic rings. The molecule has 28 nitrogen and oxygen atoms in total. The van der Waals surface area contributed by atoms with Gasteiger partial charge in [-0.1, -0.05) is 77.0 Å². The number of ether oxygens (including phenoxy) is 4. The number of hydrogen-bond donors (Lipinski definition) is 11. The smallest absolute Gasteiger partial charge is 0.326 e. The zero-order chi connectivity index (χ0) is 65.9. The number of ketones is 4. The van der Waals surface area contributed by atoms with Gasteiger partial charge in [-0.05, 0) is 64.7 Å². The summed E-state index contributed by atoms with van der Waals surface area (Å²) in [4.78, 5) is 152. The Labute approximate surface area is 522 Å². The number of imidazole rings is 1. The molecule has 89 heavy (non-hydrogen) atoms. The molecule has 1 rings (SSSR count). The molecule has 1 aromatic rings. The van der Waals surface area contributed by atoms with E-state index < -0.39 is 84.6 Å². The number of H-pyrrole nitrogens is 1. The third kappa shape index (κ3) is 46.2. The molecule has 0 fully saturated rings. The van der Waals surface area contributed by atoms with Crippen molar-refractivity contribution in [1.82, 2.24) is 36.6 Å². The molecule has 0 bridgehead atoms. The van der Waals surface area contributed by atoms with Crippen molar-refractivity contribution in [3.05, 3.63) is 18.2 Å². The fraction of sp³-hybridized carbons (Fsp3) is 0.754. The van der Waals surface area contributed by atoms with Crippen LogP contribution in [0.1, 0.15) is 192 Å². The van der Waals surface area contributed by atoms with Gasteiger partial charge in [0.25, 0.3) is 0 Å². The second-order valence-corrected chi connectivity index (χ2v) is 22.2. The second kappa shape index (κ2) is 52.2. The highest BCUT2D eigenvalue weighted by molar-refractivity contribution is 5.88. The monoisotopic (exact) mass is 1270 g/mol. The Morgan fingerprint density at radius 1 is 0.494 bits per heavy atom. The van der Waals surface area contributed by atoms with Gasteiger partial charge < -0.3 is 76.7 Å². The molecule has 12 N–H and O–H groups in total. The largest absolute Gasteiger partial charge is 0.481 e. The third-order valence-corrected chi connectivity index (χ3v) is 14.4. The summed E-state index contributed by atoms with van der Waals surface area (Å²) in [7, 11) is 0. The summed E-state index contributed by atoms with van der Waals surface area (Å²) in [6.45, 7) is 1.77. The molecule has 506 valence electrons. The van der Waals surface area contributed by atoms with Crippen LogP contribution in [0.25, 0.3) is 0 Å². The normalized spacial score (nSPS) is 12.9. The minimum Gasteiger partial charge on any atom is -0.481 e.